The molecule has 4 nitrogen and oxygen atoms in total. The molecule has 0 unspecified atom stereocenters. The molecule has 1 heterocycles. The molecule has 0 radical (unpaired) electrons. The Hall–Kier alpha value is -2.87. The number of alkyl halides is 3. The molecule has 2 aromatic carbocycles. The highest BCUT2D eigenvalue weighted by Crippen LogP contribution is 2.29. The maximum Gasteiger partial charge on any atom is 0.416 e. The molecule has 0 atom stereocenters. The highest BCUT2D eigenvalue weighted by Gasteiger charge is 2.29. The van der Waals surface area contributed by atoms with Crippen molar-refractivity contribution in [1.29, 1.82) is 0 Å². The number of hydrogen-bond acceptors (Lipinski definition) is 4. The molecule has 1 N–H and O–H groups in total. The number of hydrogen-bond donors (Lipinski definition) is 1. The quantitative estimate of drug-likeness (QED) is 0.587. The highest BCUT2D eigenvalue weighted by molar-refractivity contribution is 7.11. The molecule has 0 aliphatic heterocycles. The minimum atomic E-state index is -4.35. The first-order chi connectivity index (χ1) is 13.4. The Morgan fingerprint density at radius 1 is 1.04 bits per heavy atom. The molecule has 0 aliphatic carbocycles. The number of benzene rings is 2. The molecule has 28 heavy (non-hydrogen) atoms. The van der Waals surface area contributed by atoms with Gasteiger partial charge in [-0.25, -0.2) is 4.98 Å². The van der Waals surface area contributed by atoms with Gasteiger partial charge in [0, 0.05) is 24.5 Å². The number of aromatic nitrogens is 1. The van der Waals surface area contributed by atoms with Crippen LogP contribution in [0.5, 0.6) is 10.9 Å². The standard InChI is InChI=1S/C20H17F3N2O2S/c21-20(22,23)16-6-1-14(2-7-16)5-10-18(26)25-13-15-3-8-17(9-4-15)27-19-24-11-12-28-19/h1-4,6-9,11-12H,5,10,13H2,(H,25,26). The molecule has 1 aromatic heterocycles. The maximum absolute atomic E-state index is 12.5. The van der Waals surface area contributed by atoms with Crippen LogP contribution in [0.15, 0.2) is 60.1 Å². The first kappa shape index (κ1) is 19.9. The fraction of sp³-hybridized carbons (Fsp3) is 0.200. The van der Waals surface area contributed by atoms with Gasteiger partial charge in [-0.2, -0.15) is 13.2 Å². The molecule has 0 fully saturated rings. The third-order valence-electron chi connectivity index (χ3n) is 3.95. The zero-order valence-corrected chi connectivity index (χ0v) is 15.5. The number of rotatable bonds is 7. The lowest BCUT2D eigenvalue weighted by atomic mass is 10.1. The van der Waals surface area contributed by atoms with Crippen molar-refractivity contribution >= 4 is 17.2 Å². The predicted octanol–water partition coefficient (Wildman–Crippen LogP) is 5.20. The summed E-state index contributed by atoms with van der Waals surface area (Å²) in [5.41, 5.74) is 0.907. The molecule has 0 aliphatic rings. The van der Waals surface area contributed by atoms with Crippen LogP contribution in [-0.4, -0.2) is 10.9 Å². The van der Waals surface area contributed by atoms with Crippen molar-refractivity contribution in [3.63, 3.8) is 0 Å². The van der Waals surface area contributed by atoms with Crippen molar-refractivity contribution in [2.24, 2.45) is 0 Å². The Morgan fingerprint density at radius 2 is 1.71 bits per heavy atom. The van der Waals surface area contributed by atoms with Crippen LogP contribution in [0.3, 0.4) is 0 Å². The first-order valence-corrected chi connectivity index (χ1v) is 9.37. The second-order valence-corrected chi connectivity index (χ2v) is 6.87. The van der Waals surface area contributed by atoms with E-state index in [2.05, 4.69) is 10.3 Å². The van der Waals surface area contributed by atoms with Gasteiger partial charge < -0.3 is 10.1 Å². The van der Waals surface area contributed by atoms with E-state index in [4.69, 9.17) is 4.74 Å². The third-order valence-corrected chi connectivity index (χ3v) is 4.60. The summed E-state index contributed by atoms with van der Waals surface area (Å²) in [5, 5.41) is 5.18. The Labute approximate surface area is 164 Å². The normalized spacial score (nSPS) is 11.2. The fourth-order valence-electron chi connectivity index (χ4n) is 2.44. The summed E-state index contributed by atoms with van der Waals surface area (Å²) >= 11 is 1.40. The van der Waals surface area contributed by atoms with Crippen molar-refractivity contribution in [1.82, 2.24) is 10.3 Å². The number of carbonyl (C=O) groups is 1. The van der Waals surface area contributed by atoms with Crippen LogP contribution in [0, 0.1) is 0 Å². The zero-order valence-electron chi connectivity index (χ0n) is 14.7. The van der Waals surface area contributed by atoms with Crippen LogP contribution in [0.4, 0.5) is 13.2 Å². The van der Waals surface area contributed by atoms with E-state index >= 15 is 0 Å². The summed E-state index contributed by atoms with van der Waals surface area (Å²) in [7, 11) is 0. The van der Waals surface area contributed by atoms with Crippen molar-refractivity contribution in [2.75, 3.05) is 0 Å². The van der Waals surface area contributed by atoms with Gasteiger partial charge in [0.05, 0.1) is 5.56 Å². The molecule has 1 amide bonds. The van der Waals surface area contributed by atoms with Gasteiger partial charge in [-0.15, -0.1) is 0 Å². The molecule has 146 valence electrons. The number of nitrogens with zero attached hydrogens (tertiary/aromatic N) is 1. The monoisotopic (exact) mass is 406 g/mol. The Bertz CT molecular complexity index is 893. The maximum atomic E-state index is 12.5. The summed E-state index contributed by atoms with van der Waals surface area (Å²) in [6.45, 7) is 0.364. The zero-order chi connectivity index (χ0) is 20.0. The number of carbonyl (C=O) groups excluding carboxylic acids is 1. The van der Waals surface area contributed by atoms with Gasteiger partial charge in [-0.05, 0) is 41.8 Å². The molecular formula is C20H17F3N2O2S. The Kier molecular flexibility index (Phi) is 6.30. The van der Waals surface area contributed by atoms with Gasteiger partial charge in [-0.3, -0.25) is 4.79 Å². The summed E-state index contributed by atoms with van der Waals surface area (Å²) in [6.07, 6.45) is -2.10. The lowest BCUT2D eigenvalue weighted by Gasteiger charge is -2.08. The fourth-order valence-corrected chi connectivity index (χ4v) is 2.95. The molecule has 0 saturated heterocycles. The molecule has 8 heteroatoms. The number of halogens is 3. The molecule has 3 aromatic rings. The highest BCUT2D eigenvalue weighted by atomic mass is 32.1. The van der Waals surface area contributed by atoms with Gasteiger partial charge >= 0.3 is 6.18 Å². The second kappa shape index (κ2) is 8.88. The summed E-state index contributed by atoms with van der Waals surface area (Å²) in [4.78, 5) is 16.0. The minimum absolute atomic E-state index is 0.164. The van der Waals surface area contributed by atoms with Gasteiger partial charge in [0.15, 0.2) is 0 Å². The molecule has 0 bridgehead atoms. The van der Waals surface area contributed by atoms with Gasteiger partial charge in [-0.1, -0.05) is 35.6 Å². The van der Waals surface area contributed by atoms with Crippen LogP contribution in [0.25, 0.3) is 0 Å². The summed E-state index contributed by atoms with van der Waals surface area (Å²) in [5.74, 6) is 0.496. The lowest BCUT2D eigenvalue weighted by Crippen LogP contribution is -2.22. The average Bonchev–Trinajstić information content (AvgIpc) is 3.18. The van der Waals surface area contributed by atoms with Gasteiger partial charge in [0.1, 0.15) is 5.75 Å². The Morgan fingerprint density at radius 3 is 2.32 bits per heavy atom. The van der Waals surface area contributed by atoms with E-state index in [1.54, 1.807) is 18.3 Å². The van der Waals surface area contributed by atoms with Crippen LogP contribution in [0.1, 0.15) is 23.1 Å². The van der Waals surface area contributed by atoms with Gasteiger partial charge in [0.2, 0.25) is 5.91 Å². The number of amides is 1. The first-order valence-electron chi connectivity index (χ1n) is 8.49. The van der Waals surface area contributed by atoms with Crippen molar-refractivity contribution in [3.8, 4) is 10.9 Å². The van der Waals surface area contributed by atoms with Crippen LogP contribution >= 0.6 is 11.3 Å². The topological polar surface area (TPSA) is 51.2 Å². The summed E-state index contributed by atoms with van der Waals surface area (Å²) < 4.78 is 43.2. The molecular weight excluding hydrogens is 389 g/mol. The average molecular weight is 406 g/mol. The van der Waals surface area contributed by atoms with Crippen molar-refractivity contribution in [3.05, 3.63) is 76.8 Å². The smallest absolute Gasteiger partial charge is 0.416 e. The predicted molar refractivity (Wildman–Crippen MR) is 100 cm³/mol. The van der Waals surface area contributed by atoms with Gasteiger partial charge in [0.25, 0.3) is 5.19 Å². The second-order valence-electron chi connectivity index (χ2n) is 6.02. The van der Waals surface area contributed by atoms with Crippen molar-refractivity contribution in [2.45, 2.75) is 25.6 Å². The van der Waals surface area contributed by atoms with E-state index in [1.807, 2.05) is 17.5 Å². The van der Waals surface area contributed by atoms with Crippen LogP contribution < -0.4 is 10.1 Å². The SMILES string of the molecule is O=C(CCc1ccc(C(F)(F)F)cc1)NCc1ccc(Oc2nccs2)cc1. The van der Waals surface area contributed by atoms with Crippen LogP contribution in [-0.2, 0) is 23.9 Å². The molecule has 0 saturated carbocycles. The molecule has 0 spiro atoms. The van der Waals surface area contributed by atoms with E-state index in [0.717, 1.165) is 17.7 Å². The van der Waals surface area contributed by atoms with Crippen LogP contribution in [0.2, 0.25) is 0 Å². The van der Waals surface area contributed by atoms with E-state index in [-0.39, 0.29) is 12.3 Å². The number of aryl methyl sites for hydroxylation is 1. The molecule has 3 rings (SSSR count). The number of ether oxygens (including phenoxy) is 1. The van der Waals surface area contributed by atoms with E-state index in [1.165, 1.54) is 23.5 Å². The van der Waals surface area contributed by atoms with E-state index in [0.29, 0.717) is 29.5 Å². The number of nitrogens with one attached hydrogen (secondary N) is 1. The van der Waals surface area contributed by atoms with Crippen molar-refractivity contribution < 1.29 is 22.7 Å². The van der Waals surface area contributed by atoms with E-state index < -0.39 is 11.7 Å². The lowest BCUT2D eigenvalue weighted by molar-refractivity contribution is -0.137. The number of thiazole rings is 1. The summed E-state index contributed by atoms with van der Waals surface area (Å²) in [6, 6.07) is 12.1. The Balaban J connectivity index is 1.42. The third kappa shape index (κ3) is 5.82. The van der Waals surface area contributed by atoms with E-state index in [9.17, 15) is 18.0 Å². The minimum Gasteiger partial charge on any atom is -0.431 e. The largest absolute Gasteiger partial charge is 0.431 e.